The molecule has 3 nitrogen and oxygen atoms in total. The molecule has 0 aliphatic heterocycles. The predicted molar refractivity (Wildman–Crippen MR) is 67.0 cm³/mol. The van der Waals surface area contributed by atoms with Gasteiger partial charge < -0.3 is 10.5 Å². The molecule has 0 radical (unpaired) electrons. The van der Waals surface area contributed by atoms with Gasteiger partial charge in [-0.25, -0.2) is 4.39 Å². The standard InChI is InChI=1S/C14H8F4N2O/c15-10-2-1-3-11(20)13(10)21-12-5-4-9(14(16,17)18)6-8(12)7-19/h1-6H,20H2. The van der Waals surface area contributed by atoms with Gasteiger partial charge in [-0.2, -0.15) is 18.4 Å². The molecule has 0 heterocycles. The van der Waals surface area contributed by atoms with Crippen LogP contribution in [0.2, 0.25) is 0 Å². The van der Waals surface area contributed by atoms with Crippen molar-refractivity contribution in [2.75, 3.05) is 5.73 Å². The molecule has 108 valence electrons. The van der Waals surface area contributed by atoms with Crippen molar-refractivity contribution in [1.29, 1.82) is 5.26 Å². The van der Waals surface area contributed by atoms with Gasteiger partial charge in [0.05, 0.1) is 16.8 Å². The van der Waals surface area contributed by atoms with Gasteiger partial charge in [0.15, 0.2) is 11.6 Å². The third-order valence-electron chi connectivity index (χ3n) is 2.64. The maximum Gasteiger partial charge on any atom is 0.416 e. The lowest BCUT2D eigenvalue weighted by molar-refractivity contribution is -0.137. The minimum absolute atomic E-state index is 0.0289. The molecule has 0 spiro atoms. The fraction of sp³-hybridized carbons (Fsp3) is 0.0714. The van der Waals surface area contributed by atoms with Gasteiger partial charge in [-0.15, -0.1) is 0 Å². The molecular formula is C14H8F4N2O. The predicted octanol–water partition coefficient (Wildman–Crippen LogP) is 4.09. The van der Waals surface area contributed by atoms with Crippen LogP contribution in [0, 0.1) is 17.1 Å². The van der Waals surface area contributed by atoms with Crippen LogP contribution in [-0.4, -0.2) is 0 Å². The fourth-order valence-corrected chi connectivity index (χ4v) is 1.63. The van der Waals surface area contributed by atoms with Crippen molar-refractivity contribution >= 4 is 5.69 Å². The van der Waals surface area contributed by atoms with Crippen LogP contribution in [0.4, 0.5) is 23.2 Å². The van der Waals surface area contributed by atoms with E-state index >= 15 is 0 Å². The first-order chi connectivity index (χ1) is 9.82. The Morgan fingerprint density at radius 3 is 2.43 bits per heavy atom. The van der Waals surface area contributed by atoms with E-state index in [-0.39, 0.29) is 22.7 Å². The smallest absolute Gasteiger partial charge is 0.416 e. The van der Waals surface area contributed by atoms with Crippen LogP contribution in [0.15, 0.2) is 36.4 Å². The second-order valence-corrected chi connectivity index (χ2v) is 4.08. The van der Waals surface area contributed by atoms with Gasteiger partial charge >= 0.3 is 6.18 Å². The molecule has 0 atom stereocenters. The molecule has 2 N–H and O–H groups in total. The summed E-state index contributed by atoms with van der Waals surface area (Å²) in [6, 6.07) is 7.72. The Bertz CT molecular complexity index is 700. The van der Waals surface area contributed by atoms with Crippen LogP contribution in [0.1, 0.15) is 11.1 Å². The molecule has 2 aromatic rings. The number of ether oxygens (including phenoxy) is 1. The van der Waals surface area contributed by atoms with Crippen LogP contribution in [-0.2, 0) is 6.18 Å². The van der Waals surface area contributed by atoms with E-state index in [0.717, 1.165) is 18.2 Å². The first-order valence-electron chi connectivity index (χ1n) is 5.66. The third kappa shape index (κ3) is 3.05. The lowest BCUT2D eigenvalue weighted by atomic mass is 10.1. The second-order valence-electron chi connectivity index (χ2n) is 4.08. The van der Waals surface area contributed by atoms with Gasteiger partial charge in [0.25, 0.3) is 0 Å². The van der Waals surface area contributed by atoms with Gasteiger partial charge in [0, 0.05) is 0 Å². The molecule has 2 rings (SSSR count). The SMILES string of the molecule is N#Cc1cc(C(F)(F)F)ccc1Oc1c(N)cccc1F. The van der Waals surface area contributed by atoms with Crippen molar-refractivity contribution in [2.24, 2.45) is 0 Å². The van der Waals surface area contributed by atoms with Crippen LogP contribution in [0.25, 0.3) is 0 Å². The molecule has 0 saturated heterocycles. The Morgan fingerprint density at radius 2 is 1.86 bits per heavy atom. The largest absolute Gasteiger partial charge is 0.451 e. The first-order valence-corrected chi connectivity index (χ1v) is 5.66. The van der Waals surface area contributed by atoms with E-state index in [9.17, 15) is 17.6 Å². The maximum absolute atomic E-state index is 13.6. The Hall–Kier alpha value is -2.75. The number of rotatable bonds is 2. The van der Waals surface area contributed by atoms with E-state index in [4.69, 9.17) is 15.7 Å². The highest BCUT2D eigenvalue weighted by Gasteiger charge is 2.31. The van der Waals surface area contributed by atoms with E-state index in [0.29, 0.717) is 6.07 Å². The summed E-state index contributed by atoms with van der Waals surface area (Å²) in [7, 11) is 0. The number of nitrogen functional groups attached to an aromatic ring is 1. The number of hydrogen-bond acceptors (Lipinski definition) is 3. The number of hydrogen-bond donors (Lipinski definition) is 1. The van der Waals surface area contributed by atoms with Crippen molar-refractivity contribution in [3.05, 3.63) is 53.3 Å². The highest BCUT2D eigenvalue weighted by Crippen LogP contribution is 2.35. The van der Waals surface area contributed by atoms with Gasteiger partial charge in [0.1, 0.15) is 11.8 Å². The quantitative estimate of drug-likeness (QED) is 0.670. The maximum atomic E-state index is 13.6. The van der Waals surface area contributed by atoms with Crippen LogP contribution < -0.4 is 10.5 Å². The summed E-state index contributed by atoms with van der Waals surface area (Å²) in [5, 5.41) is 8.90. The first kappa shape index (κ1) is 14.7. The summed E-state index contributed by atoms with van der Waals surface area (Å²) in [6.07, 6.45) is -4.58. The van der Waals surface area contributed by atoms with E-state index in [1.807, 2.05) is 0 Å². The van der Waals surface area contributed by atoms with Gasteiger partial charge in [0.2, 0.25) is 0 Å². The van der Waals surface area contributed by atoms with Crippen molar-refractivity contribution in [3.63, 3.8) is 0 Å². The minimum Gasteiger partial charge on any atom is -0.451 e. The second kappa shape index (κ2) is 5.32. The molecule has 0 aromatic heterocycles. The third-order valence-corrected chi connectivity index (χ3v) is 2.64. The number of anilines is 1. The molecule has 0 aliphatic carbocycles. The Balaban J connectivity index is 2.44. The molecule has 0 saturated carbocycles. The summed E-state index contributed by atoms with van der Waals surface area (Å²) in [4.78, 5) is 0. The summed E-state index contributed by atoms with van der Waals surface area (Å²) < 4.78 is 56.4. The van der Waals surface area contributed by atoms with E-state index < -0.39 is 17.6 Å². The fourth-order valence-electron chi connectivity index (χ4n) is 1.63. The number of alkyl halides is 3. The number of nitriles is 1. The van der Waals surface area contributed by atoms with Gasteiger partial charge in [-0.05, 0) is 30.3 Å². The average molecular weight is 296 g/mol. The van der Waals surface area contributed by atoms with Crippen molar-refractivity contribution in [1.82, 2.24) is 0 Å². The zero-order valence-electron chi connectivity index (χ0n) is 10.4. The van der Waals surface area contributed by atoms with Crippen molar-refractivity contribution in [2.45, 2.75) is 6.18 Å². The summed E-state index contributed by atoms with van der Waals surface area (Å²) >= 11 is 0. The molecule has 0 unspecified atom stereocenters. The Labute approximate surface area is 117 Å². The molecule has 21 heavy (non-hydrogen) atoms. The topological polar surface area (TPSA) is 59.0 Å². The van der Waals surface area contributed by atoms with Crippen molar-refractivity contribution in [3.8, 4) is 17.6 Å². The lowest BCUT2D eigenvalue weighted by Gasteiger charge is -2.12. The number of nitrogens with zero attached hydrogens (tertiary/aromatic N) is 1. The van der Waals surface area contributed by atoms with Gasteiger partial charge in [-0.1, -0.05) is 6.07 Å². The lowest BCUT2D eigenvalue weighted by Crippen LogP contribution is -2.05. The molecule has 7 heteroatoms. The molecule has 0 aliphatic rings. The summed E-state index contributed by atoms with van der Waals surface area (Å²) in [6.45, 7) is 0. The van der Waals surface area contributed by atoms with Crippen LogP contribution in [0.5, 0.6) is 11.5 Å². The Morgan fingerprint density at radius 1 is 1.14 bits per heavy atom. The highest BCUT2D eigenvalue weighted by molar-refractivity contribution is 5.56. The zero-order chi connectivity index (χ0) is 15.6. The summed E-state index contributed by atoms with van der Waals surface area (Å²) in [5.74, 6) is -1.32. The van der Waals surface area contributed by atoms with Crippen LogP contribution in [0.3, 0.4) is 0 Å². The molecular weight excluding hydrogens is 288 g/mol. The number of nitrogens with two attached hydrogens (primary N) is 1. The van der Waals surface area contributed by atoms with Gasteiger partial charge in [-0.3, -0.25) is 0 Å². The molecule has 0 fully saturated rings. The van der Waals surface area contributed by atoms with E-state index in [1.165, 1.54) is 12.1 Å². The number of halogens is 4. The monoisotopic (exact) mass is 296 g/mol. The normalized spacial score (nSPS) is 11.0. The Kier molecular flexibility index (Phi) is 3.72. The van der Waals surface area contributed by atoms with Crippen molar-refractivity contribution < 1.29 is 22.3 Å². The molecule has 0 bridgehead atoms. The molecule has 2 aromatic carbocycles. The van der Waals surface area contributed by atoms with E-state index in [2.05, 4.69) is 0 Å². The average Bonchev–Trinajstić information content (AvgIpc) is 2.42. The minimum atomic E-state index is -4.58. The number of para-hydroxylation sites is 1. The summed E-state index contributed by atoms with van der Waals surface area (Å²) in [5.41, 5.74) is 4.14. The van der Waals surface area contributed by atoms with Crippen LogP contribution >= 0.6 is 0 Å². The van der Waals surface area contributed by atoms with E-state index in [1.54, 1.807) is 6.07 Å². The molecule has 0 amide bonds. The number of benzene rings is 2. The highest BCUT2D eigenvalue weighted by atomic mass is 19.4. The zero-order valence-corrected chi connectivity index (χ0v) is 10.4.